The van der Waals surface area contributed by atoms with Crippen LogP contribution in [0.3, 0.4) is 0 Å². The van der Waals surface area contributed by atoms with Crippen LogP contribution in [0.2, 0.25) is 0 Å². The van der Waals surface area contributed by atoms with Gasteiger partial charge in [-0.1, -0.05) is 44.2 Å². The Balaban J connectivity index is 1.61. The maximum Gasteiger partial charge on any atom is 0.319 e. The Kier molecular flexibility index (Phi) is 9.13. The fourth-order valence-corrected chi connectivity index (χ4v) is 4.43. The van der Waals surface area contributed by atoms with E-state index in [0.29, 0.717) is 31.8 Å². The van der Waals surface area contributed by atoms with Crippen molar-refractivity contribution < 1.29 is 9.53 Å². The summed E-state index contributed by atoms with van der Waals surface area (Å²) in [5.41, 5.74) is 2.58. The Hall–Kier alpha value is -3.06. The van der Waals surface area contributed by atoms with Crippen molar-refractivity contribution in [2.45, 2.75) is 50.3 Å². The summed E-state index contributed by atoms with van der Waals surface area (Å²) in [6, 6.07) is 19.3. The van der Waals surface area contributed by atoms with Crippen molar-refractivity contribution in [2.24, 2.45) is 0 Å². The normalized spacial score (nSPS) is 11.7. The fraction of sp³-hybridized carbons (Fsp3) is 0.346. The third kappa shape index (κ3) is 6.71. The SMILES string of the molecule is CCOC(=O)[C@H](CC)Sc1ccc(NCCn2c(CC)nc(-c3ccccc3)cc2=O)cc1. The minimum Gasteiger partial charge on any atom is -0.465 e. The lowest BCUT2D eigenvalue weighted by molar-refractivity contribution is -0.142. The zero-order valence-corrected chi connectivity index (χ0v) is 20.2. The summed E-state index contributed by atoms with van der Waals surface area (Å²) < 4.78 is 6.87. The molecular weight excluding hydrogens is 434 g/mol. The third-order valence-electron chi connectivity index (χ3n) is 5.19. The highest BCUT2D eigenvalue weighted by atomic mass is 32.2. The molecule has 3 rings (SSSR count). The number of ether oxygens (including phenoxy) is 1. The van der Waals surface area contributed by atoms with Crippen molar-refractivity contribution in [2.75, 3.05) is 18.5 Å². The summed E-state index contributed by atoms with van der Waals surface area (Å²) in [5, 5.41) is 3.17. The van der Waals surface area contributed by atoms with Crippen molar-refractivity contribution in [1.29, 1.82) is 0 Å². The first-order valence-corrected chi connectivity index (χ1v) is 12.3. The summed E-state index contributed by atoms with van der Waals surface area (Å²) >= 11 is 1.52. The summed E-state index contributed by atoms with van der Waals surface area (Å²) in [6.45, 7) is 7.34. The molecule has 0 aliphatic rings. The molecule has 1 atom stereocenters. The van der Waals surface area contributed by atoms with Crippen molar-refractivity contribution in [3.63, 3.8) is 0 Å². The molecule has 0 spiro atoms. The molecule has 0 unspecified atom stereocenters. The van der Waals surface area contributed by atoms with Crippen molar-refractivity contribution in [3.8, 4) is 11.3 Å². The molecule has 0 aliphatic carbocycles. The minimum absolute atomic E-state index is 0.0428. The maximum atomic E-state index is 12.8. The van der Waals surface area contributed by atoms with E-state index in [0.717, 1.165) is 28.4 Å². The predicted molar refractivity (Wildman–Crippen MR) is 135 cm³/mol. The minimum atomic E-state index is -0.200. The molecule has 0 aliphatic heterocycles. The summed E-state index contributed by atoms with van der Waals surface area (Å²) in [7, 11) is 0. The van der Waals surface area contributed by atoms with Gasteiger partial charge in [0.15, 0.2) is 0 Å². The summed E-state index contributed by atoms with van der Waals surface area (Å²) in [6.07, 6.45) is 1.40. The zero-order valence-electron chi connectivity index (χ0n) is 19.4. The van der Waals surface area contributed by atoms with Gasteiger partial charge in [-0.3, -0.25) is 14.2 Å². The Morgan fingerprint density at radius 1 is 1.09 bits per heavy atom. The monoisotopic (exact) mass is 465 g/mol. The third-order valence-corrected chi connectivity index (χ3v) is 6.55. The van der Waals surface area contributed by atoms with E-state index < -0.39 is 0 Å². The number of aromatic nitrogens is 2. The number of thioether (sulfide) groups is 1. The van der Waals surface area contributed by atoms with Gasteiger partial charge in [0.2, 0.25) is 0 Å². The number of nitrogens with one attached hydrogen (secondary N) is 1. The molecule has 2 aromatic carbocycles. The Bertz CT molecular complexity index is 1100. The van der Waals surface area contributed by atoms with Gasteiger partial charge in [0.05, 0.1) is 12.3 Å². The van der Waals surface area contributed by atoms with Gasteiger partial charge in [0, 0.05) is 41.7 Å². The van der Waals surface area contributed by atoms with Crippen molar-refractivity contribution in [3.05, 3.63) is 76.8 Å². The number of benzene rings is 2. The molecule has 0 fully saturated rings. The number of carbonyl (C=O) groups is 1. The Morgan fingerprint density at radius 2 is 1.82 bits per heavy atom. The molecule has 33 heavy (non-hydrogen) atoms. The largest absolute Gasteiger partial charge is 0.465 e. The maximum absolute atomic E-state index is 12.8. The predicted octanol–water partition coefficient (Wildman–Crippen LogP) is 5.02. The van der Waals surface area contributed by atoms with Crippen LogP contribution in [0.5, 0.6) is 0 Å². The topological polar surface area (TPSA) is 73.2 Å². The first-order chi connectivity index (χ1) is 16.0. The molecule has 174 valence electrons. The number of hydrogen-bond acceptors (Lipinski definition) is 6. The van der Waals surface area contributed by atoms with E-state index in [4.69, 9.17) is 9.72 Å². The van der Waals surface area contributed by atoms with Crippen LogP contribution in [0.15, 0.2) is 70.4 Å². The van der Waals surface area contributed by atoms with Gasteiger partial charge in [0.1, 0.15) is 11.1 Å². The molecule has 7 heteroatoms. The molecule has 3 aromatic rings. The van der Waals surface area contributed by atoms with Crippen LogP contribution < -0.4 is 10.9 Å². The highest BCUT2D eigenvalue weighted by molar-refractivity contribution is 8.00. The fourth-order valence-electron chi connectivity index (χ4n) is 3.48. The average Bonchev–Trinajstić information content (AvgIpc) is 2.84. The first kappa shape index (κ1) is 24.6. The first-order valence-electron chi connectivity index (χ1n) is 11.4. The van der Waals surface area contributed by atoms with Gasteiger partial charge in [-0.2, -0.15) is 0 Å². The Morgan fingerprint density at radius 3 is 2.45 bits per heavy atom. The van der Waals surface area contributed by atoms with Crippen LogP contribution in [0.4, 0.5) is 5.69 Å². The van der Waals surface area contributed by atoms with Crippen LogP contribution in [-0.4, -0.2) is 33.9 Å². The standard InChI is InChI=1S/C26H31N3O3S/c1-4-23(26(31)32-6-3)33-21-14-12-20(13-15-21)27-16-17-29-24(5-2)28-22(18-25(29)30)19-10-8-7-9-11-19/h7-15,18,23,27H,4-6,16-17H2,1-3H3/t23-/m0/s1. The van der Waals surface area contributed by atoms with E-state index in [2.05, 4.69) is 5.32 Å². The average molecular weight is 466 g/mol. The van der Waals surface area contributed by atoms with Gasteiger partial charge in [-0.05, 0) is 37.6 Å². The second-order valence-corrected chi connectivity index (χ2v) is 8.76. The van der Waals surface area contributed by atoms with Crippen LogP contribution in [-0.2, 0) is 22.5 Å². The summed E-state index contributed by atoms with van der Waals surface area (Å²) in [5.74, 6) is 0.607. The molecule has 0 saturated heterocycles. The quantitative estimate of drug-likeness (QED) is 0.317. The lowest BCUT2D eigenvalue weighted by atomic mass is 10.1. The lowest BCUT2D eigenvalue weighted by Gasteiger charge is -2.15. The molecule has 0 saturated carbocycles. The molecule has 0 bridgehead atoms. The Labute approximate surface area is 199 Å². The summed E-state index contributed by atoms with van der Waals surface area (Å²) in [4.78, 5) is 30.5. The zero-order chi connectivity index (χ0) is 23.6. The van der Waals surface area contributed by atoms with E-state index in [1.54, 1.807) is 10.6 Å². The second kappa shape index (κ2) is 12.3. The number of hydrogen-bond donors (Lipinski definition) is 1. The van der Waals surface area contributed by atoms with Crippen molar-refractivity contribution >= 4 is 23.4 Å². The molecule has 0 amide bonds. The van der Waals surface area contributed by atoms with E-state index in [1.165, 1.54) is 11.8 Å². The van der Waals surface area contributed by atoms with Gasteiger partial charge in [0.25, 0.3) is 5.56 Å². The van der Waals surface area contributed by atoms with Crippen LogP contribution in [0, 0.1) is 0 Å². The van der Waals surface area contributed by atoms with Crippen LogP contribution in [0.1, 0.15) is 33.0 Å². The molecule has 6 nitrogen and oxygen atoms in total. The van der Waals surface area contributed by atoms with Gasteiger partial charge < -0.3 is 10.1 Å². The van der Waals surface area contributed by atoms with E-state index in [9.17, 15) is 9.59 Å². The van der Waals surface area contributed by atoms with E-state index in [-0.39, 0.29) is 16.8 Å². The number of anilines is 1. The second-order valence-electron chi connectivity index (χ2n) is 7.49. The van der Waals surface area contributed by atoms with Crippen LogP contribution in [0.25, 0.3) is 11.3 Å². The number of rotatable bonds is 11. The van der Waals surface area contributed by atoms with E-state index >= 15 is 0 Å². The van der Waals surface area contributed by atoms with Gasteiger partial charge in [-0.25, -0.2) is 4.98 Å². The number of nitrogens with zero attached hydrogens (tertiary/aromatic N) is 2. The molecular formula is C26H31N3O3S. The van der Waals surface area contributed by atoms with Crippen molar-refractivity contribution in [1.82, 2.24) is 9.55 Å². The smallest absolute Gasteiger partial charge is 0.319 e. The molecule has 1 aromatic heterocycles. The molecule has 1 N–H and O–H groups in total. The highest BCUT2D eigenvalue weighted by Crippen LogP contribution is 2.27. The molecule has 1 heterocycles. The van der Waals surface area contributed by atoms with Gasteiger partial charge >= 0.3 is 5.97 Å². The highest BCUT2D eigenvalue weighted by Gasteiger charge is 2.18. The van der Waals surface area contributed by atoms with Crippen LogP contribution >= 0.6 is 11.8 Å². The number of aryl methyl sites for hydroxylation is 1. The number of esters is 1. The number of carbonyl (C=O) groups excluding carboxylic acids is 1. The lowest BCUT2D eigenvalue weighted by Crippen LogP contribution is -2.27. The van der Waals surface area contributed by atoms with Gasteiger partial charge in [-0.15, -0.1) is 11.8 Å². The van der Waals surface area contributed by atoms with E-state index in [1.807, 2.05) is 75.4 Å². The molecule has 0 radical (unpaired) electrons.